The van der Waals surface area contributed by atoms with E-state index in [0.29, 0.717) is 23.9 Å². The second kappa shape index (κ2) is 8.83. The van der Waals surface area contributed by atoms with E-state index in [4.69, 9.17) is 4.74 Å². The molecule has 5 nitrogen and oxygen atoms in total. The fraction of sp³-hybridized carbons (Fsp3) is 0.381. The summed E-state index contributed by atoms with van der Waals surface area (Å²) in [6.07, 6.45) is -0.606. The van der Waals surface area contributed by atoms with Gasteiger partial charge in [0.15, 0.2) is 0 Å². The van der Waals surface area contributed by atoms with Gasteiger partial charge in [-0.2, -0.15) is 0 Å². The van der Waals surface area contributed by atoms with Crippen LogP contribution in [0.25, 0.3) is 0 Å². The molecular weight excluding hydrogens is 330 g/mol. The zero-order chi connectivity index (χ0) is 19.2. The van der Waals surface area contributed by atoms with Crippen molar-refractivity contribution in [3.8, 4) is 5.75 Å². The van der Waals surface area contributed by atoms with E-state index in [2.05, 4.69) is 5.32 Å². The van der Waals surface area contributed by atoms with E-state index in [1.54, 1.807) is 31.2 Å². The molecule has 0 aliphatic heterocycles. The molecule has 0 fully saturated rings. The maximum atomic E-state index is 12.0. The Morgan fingerprint density at radius 3 is 2.19 bits per heavy atom. The van der Waals surface area contributed by atoms with Crippen LogP contribution < -0.4 is 10.1 Å². The molecule has 2 aromatic carbocycles. The number of aliphatic carboxylic acids is 1. The predicted molar refractivity (Wildman–Crippen MR) is 102 cm³/mol. The molecule has 0 aliphatic rings. The van der Waals surface area contributed by atoms with Gasteiger partial charge in [0, 0.05) is 12.6 Å². The summed E-state index contributed by atoms with van der Waals surface area (Å²) in [6.45, 7) is 6.35. The Hall–Kier alpha value is -2.37. The smallest absolute Gasteiger partial charge is 0.318 e. The van der Waals surface area contributed by atoms with Crippen LogP contribution in [0.2, 0.25) is 0 Å². The summed E-state index contributed by atoms with van der Waals surface area (Å²) in [5.74, 6) is -0.314. The van der Waals surface area contributed by atoms with Crippen LogP contribution in [0.1, 0.15) is 31.9 Å². The van der Waals surface area contributed by atoms with Gasteiger partial charge in [-0.15, -0.1) is 0 Å². The maximum absolute atomic E-state index is 12.0. The van der Waals surface area contributed by atoms with Gasteiger partial charge < -0.3 is 20.3 Å². The third kappa shape index (κ3) is 4.84. The maximum Gasteiger partial charge on any atom is 0.318 e. The first-order valence-electron chi connectivity index (χ1n) is 8.77. The molecule has 0 aromatic heterocycles. The van der Waals surface area contributed by atoms with Crippen molar-refractivity contribution in [2.45, 2.75) is 38.3 Å². The average Bonchev–Trinajstić information content (AvgIpc) is 2.65. The molecule has 2 aromatic rings. The first-order valence-corrected chi connectivity index (χ1v) is 8.77. The summed E-state index contributed by atoms with van der Waals surface area (Å²) in [7, 11) is 0. The number of rotatable bonds is 9. The van der Waals surface area contributed by atoms with Gasteiger partial charge in [-0.25, -0.2) is 0 Å². The van der Waals surface area contributed by atoms with E-state index in [1.807, 2.05) is 44.2 Å². The number of aliphatic hydroxyl groups excluding tert-OH is 1. The molecule has 0 saturated carbocycles. The third-order valence-corrected chi connectivity index (χ3v) is 4.41. The van der Waals surface area contributed by atoms with E-state index in [-0.39, 0.29) is 6.61 Å². The number of nitrogens with one attached hydrogen (secondary N) is 1. The SMILES string of the molecule is CC(C)NCC(O)COc1ccc(C(C)(C(=O)O)c2ccccc2)cc1. The lowest BCUT2D eigenvalue weighted by atomic mass is 9.76. The van der Waals surface area contributed by atoms with Gasteiger partial charge in [-0.1, -0.05) is 56.3 Å². The van der Waals surface area contributed by atoms with Crippen LogP contribution in [0.4, 0.5) is 0 Å². The van der Waals surface area contributed by atoms with E-state index < -0.39 is 17.5 Å². The van der Waals surface area contributed by atoms with E-state index in [0.717, 1.165) is 5.56 Å². The molecule has 0 heterocycles. The highest BCUT2D eigenvalue weighted by Crippen LogP contribution is 2.33. The first kappa shape index (κ1) is 19.9. The van der Waals surface area contributed by atoms with Crippen molar-refractivity contribution in [2.24, 2.45) is 0 Å². The molecule has 0 saturated heterocycles. The van der Waals surface area contributed by atoms with Crippen molar-refractivity contribution in [3.63, 3.8) is 0 Å². The topological polar surface area (TPSA) is 78.8 Å². The average molecular weight is 357 g/mol. The number of carboxylic acid groups (broad SMARTS) is 1. The fourth-order valence-electron chi connectivity index (χ4n) is 2.69. The normalized spacial score (nSPS) is 14.7. The highest BCUT2D eigenvalue weighted by atomic mass is 16.5. The molecule has 2 rings (SSSR count). The molecule has 0 bridgehead atoms. The minimum atomic E-state index is -1.14. The lowest BCUT2D eigenvalue weighted by Gasteiger charge is -2.26. The highest BCUT2D eigenvalue weighted by molar-refractivity contribution is 5.85. The number of carboxylic acids is 1. The van der Waals surface area contributed by atoms with Gasteiger partial charge in [0.25, 0.3) is 0 Å². The van der Waals surface area contributed by atoms with Gasteiger partial charge >= 0.3 is 5.97 Å². The van der Waals surface area contributed by atoms with Crippen LogP contribution in [0, 0.1) is 0 Å². The van der Waals surface area contributed by atoms with Crippen LogP contribution in [0.5, 0.6) is 5.75 Å². The standard InChI is InChI=1S/C21H27NO4/c1-15(2)22-13-18(23)14-26-19-11-9-17(10-12-19)21(3,20(24)25)16-7-5-4-6-8-16/h4-12,15,18,22-23H,13-14H2,1-3H3,(H,24,25). The van der Waals surface area contributed by atoms with Gasteiger partial charge in [0.1, 0.15) is 23.9 Å². The fourth-order valence-corrected chi connectivity index (χ4v) is 2.69. The molecule has 0 aliphatic carbocycles. The summed E-state index contributed by atoms with van der Waals surface area (Å²) in [6, 6.07) is 16.5. The molecule has 26 heavy (non-hydrogen) atoms. The Balaban J connectivity index is 2.09. The van der Waals surface area contributed by atoms with E-state index in [1.165, 1.54) is 0 Å². The quantitative estimate of drug-likeness (QED) is 0.643. The highest BCUT2D eigenvalue weighted by Gasteiger charge is 2.37. The van der Waals surface area contributed by atoms with E-state index in [9.17, 15) is 15.0 Å². The van der Waals surface area contributed by atoms with Crippen molar-refractivity contribution in [3.05, 3.63) is 65.7 Å². The minimum Gasteiger partial charge on any atom is -0.491 e. The Kier molecular flexibility index (Phi) is 6.77. The van der Waals surface area contributed by atoms with Crippen molar-refractivity contribution in [1.82, 2.24) is 5.32 Å². The van der Waals surface area contributed by atoms with Crippen molar-refractivity contribution >= 4 is 5.97 Å². The molecule has 3 N–H and O–H groups in total. The summed E-state index contributed by atoms with van der Waals surface area (Å²) in [5, 5.41) is 22.9. The Bertz CT molecular complexity index is 700. The lowest BCUT2D eigenvalue weighted by molar-refractivity contribution is -0.141. The Morgan fingerprint density at radius 2 is 1.65 bits per heavy atom. The first-order chi connectivity index (χ1) is 12.3. The largest absolute Gasteiger partial charge is 0.491 e. The number of hydrogen-bond acceptors (Lipinski definition) is 4. The van der Waals surface area contributed by atoms with Crippen LogP contribution in [-0.4, -0.2) is 41.5 Å². The third-order valence-electron chi connectivity index (χ3n) is 4.41. The van der Waals surface area contributed by atoms with Crippen LogP contribution in [-0.2, 0) is 10.2 Å². The predicted octanol–water partition coefficient (Wildman–Crippen LogP) is 2.81. The van der Waals surface area contributed by atoms with E-state index >= 15 is 0 Å². The van der Waals surface area contributed by atoms with Gasteiger partial charge in [-0.3, -0.25) is 4.79 Å². The summed E-state index contributed by atoms with van der Waals surface area (Å²) in [5.41, 5.74) is 0.252. The zero-order valence-corrected chi connectivity index (χ0v) is 15.5. The lowest BCUT2D eigenvalue weighted by Crippen LogP contribution is -2.35. The van der Waals surface area contributed by atoms with Crippen LogP contribution in [0.15, 0.2) is 54.6 Å². The molecule has 0 amide bonds. The number of aliphatic hydroxyl groups is 1. The molecule has 5 heteroatoms. The number of carbonyl (C=O) groups is 1. The number of ether oxygens (including phenoxy) is 1. The Morgan fingerprint density at radius 1 is 1.08 bits per heavy atom. The summed E-state index contributed by atoms with van der Waals surface area (Å²) < 4.78 is 5.60. The van der Waals surface area contributed by atoms with Crippen LogP contribution in [0.3, 0.4) is 0 Å². The van der Waals surface area contributed by atoms with Gasteiger partial charge in [0.2, 0.25) is 0 Å². The van der Waals surface area contributed by atoms with Gasteiger partial charge in [-0.05, 0) is 30.2 Å². The monoisotopic (exact) mass is 357 g/mol. The molecule has 0 spiro atoms. The van der Waals surface area contributed by atoms with Crippen LogP contribution >= 0.6 is 0 Å². The molecule has 2 atom stereocenters. The second-order valence-electron chi connectivity index (χ2n) is 6.85. The molecular formula is C21H27NO4. The van der Waals surface area contributed by atoms with Crippen molar-refractivity contribution < 1.29 is 19.7 Å². The second-order valence-corrected chi connectivity index (χ2v) is 6.85. The Labute approximate surface area is 154 Å². The molecule has 140 valence electrons. The zero-order valence-electron chi connectivity index (χ0n) is 15.5. The van der Waals surface area contributed by atoms with Gasteiger partial charge in [0.05, 0.1) is 0 Å². The number of hydrogen-bond donors (Lipinski definition) is 3. The molecule has 0 radical (unpaired) electrons. The summed E-state index contributed by atoms with van der Waals surface area (Å²) in [4.78, 5) is 12.0. The number of benzene rings is 2. The van der Waals surface area contributed by atoms with Crippen molar-refractivity contribution in [2.75, 3.05) is 13.2 Å². The minimum absolute atomic E-state index is 0.175. The summed E-state index contributed by atoms with van der Waals surface area (Å²) >= 11 is 0. The van der Waals surface area contributed by atoms with Crippen molar-refractivity contribution in [1.29, 1.82) is 0 Å². The molecule has 2 unspecified atom stereocenters.